The van der Waals surface area contributed by atoms with E-state index in [1.807, 2.05) is 18.2 Å². The molecule has 0 aromatic heterocycles. The van der Waals surface area contributed by atoms with Gasteiger partial charge in [-0.05, 0) is 60.7 Å². The third kappa shape index (κ3) is 3.89. The highest BCUT2D eigenvalue weighted by Crippen LogP contribution is 2.25. The van der Waals surface area contributed by atoms with Crippen LogP contribution in [-0.4, -0.2) is 31.9 Å². The maximum atomic E-state index is 5.87. The topological polar surface area (TPSA) is 30.9 Å². The molecule has 0 bridgehead atoms. The fraction of sp³-hybridized carbons (Fsp3) is 0.400. The Kier molecular flexibility index (Phi) is 5.38. The second-order valence-electron chi connectivity index (χ2n) is 6.20. The predicted octanol–water partition coefficient (Wildman–Crippen LogP) is 3.76. The normalized spacial score (nSPS) is 17.9. The standard InChI is InChI=1S/C20H25NO3/c1-15-11-20(23-3)8-7-17(15)13-18-9-10-24-21(18)14-16-5-4-6-19(12-16)22-2/h4-8,11-12,18H,9-10,13-14H2,1-3H3. The van der Waals surface area contributed by atoms with Crippen LogP contribution in [0.1, 0.15) is 23.1 Å². The summed E-state index contributed by atoms with van der Waals surface area (Å²) < 4.78 is 10.6. The minimum Gasteiger partial charge on any atom is -0.497 e. The molecule has 1 saturated heterocycles. The lowest BCUT2D eigenvalue weighted by molar-refractivity contribution is -0.139. The summed E-state index contributed by atoms with van der Waals surface area (Å²) in [5.74, 6) is 1.79. The van der Waals surface area contributed by atoms with Crippen molar-refractivity contribution in [2.24, 2.45) is 0 Å². The highest BCUT2D eigenvalue weighted by atomic mass is 16.7. The fourth-order valence-electron chi connectivity index (χ4n) is 3.16. The van der Waals surface area contributed by atoms with E-state index in [0.717, 1.165) is 37.5 Å². The van der Waals surface area contributed by atoms with Gasteiger partial charge in [-0.1, -0.05) is 18.2 Å². The highest BCUT2D eigenvalue weighted by Gasteiger charge is 2.26. The summed E-state index contributed by atoms with van der Waals surface area (Å²) in [6, 6.07) is 14.8. The summed E-state index contributed by atoms with van der Waals surface area (Å²) in [5.41, 5.74) is 3.82. The molecule has 4 heteroatoms. The largest absolute Gasteiger partial charge is 0.497 e. The van der Waals surface area contributed by atoms with Gasteiger partial charge in [0.05, 0.1) is 20.8 Å². The third-order valence-corrected chi connectivity index (χ3v) is 4.59. The molecule has 0 radical (unpaired) electrons. The Morgan fingerprint density at radius 1 is 1.08 bits per heavy atom. The first-order valence-corrected chi connectivity index (χ1v) is 8.35. The predicted molar refractivity (Wildman–Crippen MR) is 94.3 cm³/mol. The second kappa shape index (κ2) is 7.69. The number of methoxy groups -OCH3 is 2. The van der Waals surface area contributed by atoms with Gasteiger partial charge in [0.2, 0.25) is 0 Å². The van der Waals surface area contributed by atoms with Crippen LogP contribution >= 0.6 is 0 Å². The summed E-state index contributed by atoms with van der Waals surface area (Å²) in [6.07, 6.45) is 2.04. The number of rotatable bonds is 6. The monoisotopic (exact) mass is 327 g/mol. The summed E-state index contributed by atoms with van der Waals surface area (Å²) >= 11 is 0. The number of hydrogen-bond donors (Lipinski definition) is 0. The first-order valence-electron chi connectivity index (χ1n) is 8.35. The summed E-state index contributed by atoms with van der Waals surface area (Å²) in [5, 5.41) is 2.11. The van der Waals surface area contributed by atoms with Gasteiger partial charge in [-0.2, -0.15) is 5.06 Å². The van der Waals surface area contributed by atoms with E-state index in [1.54, 1.807) is 14.2 Å². The minimum atomic E-state index is 0.392. The Bertz CT molecular complexity index is 686. The molecule has 1 atom stereocenters. The van der Waals surface area contributed by atoms with Gasteiger partial charge in [0.25, 0.3) is 0 Å². The minimum absolute atomic E-state index is 0.392. The first-order chi connectivity index (χ1) is 11.7. The van der Waals surface area contributed by atoms with Gasteiger partial charge in [0.15, 0.2) is 0 Å². The third-order valence-electron chi connectivity index (χ3n) is 4.59. The molecule has 3 rings (SSSR count). The van der Waals surface area contributed by atoms with E-state index in [4.69, 9.17) is 14.3 Å². The van der Waals surface area contributed by atoms with E-state index in [9.17, 15) is 0 Å². The average Bonchev–Trinajstić information content (AvgIpc) is 3.03. The summed E-state index contributed by atoms with van der Waals surface area (Å²) in [4.78, 5) is 5.87. The first kappa shape index (κ1) is 16.8. The van der Waals surface area contributed by atoms with Gasteiger partial charge in [0.1, 0.15) is 11.5 Å². The van der Waals surface area contributed by atoms with Crippen LogP contribution in [0.4, 0.5) is 0 Å². The molecule has 1 aliphatic rings. The van der Waals surface area contributed by atoms with Crippen LogP contribution in [0.25, 0.3) is 0 Å². The Morgan fingerprint density at radius 3 is 2.62 bits per heavy atom. The summed E-state index contributed by atoms with van der Waals surface area (Å²) in [7, 11) is 3.40. The van der Waals surface area contributed by atoms with Crippen molar-refractivity contribution in [2.45, 2.75) is 32.4 Å². The Morgan fingerprint density at radius 2 is 1.88 bits per heavy atom. The van der Waals surface area contributed by atoms with E-state index in [2.05, 4.69) is 36.3 Å². The van der Waals surface area contributed by atoms with Crippen LogP contribution in [-0.2, 0) is 17.8 Å². The van der Waals surface area contributed by atoms with Gasteiger partial charge in [-0.15, -0.1) is 0 Å². The molecule has 128 valence electrons. The van der Waals surface area contributed by atoms with Gasteiger partial charge < -0.3 is 9.47 Å². The average molecular weight is 327 g/mol. The van der Waals surface area contributed by atoms with E-state index in [-0.39, 0.29) is 0 Å². The highest BCUT2D eigenvalue weighted by molar-refractivity contribution is 5.35. The van der Waals surface area contributed by atoms with Crippen LogP contribution in [0.3, 0.4) is 0 Å². The molecular weight excluding hydrogens is 302 g/mol. The van der Waals surface area contributed by atoms with Crippen LogP contribution in [0.15, 0.2) is 42.5 Å². The Balaban J connectivity index is 1.69. The fourth-order valence-corrected chi connectivity index (χ4v) is 3.16. The lowest BCUT2D eigenvalue weighted by Crippen LogP contribution is -2.29. The Hall–Kier alpha value is -2.04. The van der Waals surface area contributed by atoms with Crippen LogP contribution in [0, 0.1) is 6.92 Å². The molecule has 2 aromatic carbocycles. The molecule has 0 spiro atoms. The maximum absolute atomic E-state index is 5.87. The number of nitrogens with zero attached hydrogens (tertiary/aromatic N) is 1. The molecule has 4 nitrogen and oxygen atoms in total. The van der Waals surface area contributed by atoms with Crippen LogP contribution in [0.2, 0.25) is 0 Å². The molecule has 0 saturated carbocycles. The molecule has 1 fully saturated rings. The zero-order valence-electron chi connectivity index (χ0n) is 14.6. The maximum Gasteiger partial charge on any atom is 0.119 e. The summed E-state index contributed by atoms with van der Waals surface area (Å²) in [6.45, 7) is 3.70. The van der Waals surface area contributed by atoms with Gasteiger partial charge in [-0.25, -0.2) is 0 Å². The number of ether oxygens (including phenoxy) is 2. The lowest BCUT2D eigenvalue weighted by Gasteiger charge is -2.23. The van der Waals surface area contributed by atoms with E-state index < -0.39 is 0 Å². The zero-order chi connectivity index (χ0) is 16.9. The SMILES string of the molecule is COc1cccc(CN2OCCC2Cc2ccc(OC)cc2C)c1. The second-order valence-corrected chi connectivity index (χ2v) is 6.20. The molecular formula is C20H25NO3. The number of hydrogen-bond acceptors (Lipinski definition) is 4. The molecule has 24 heavy (non-hydrogen) atoms. The van der Waals surface area contributed by atoms with Gasteiger partial charge in [0, 0.05) is 12.6 Å². The smallest absolute Gasteiger partial charge is 0.119 e. The van der Waals surface area contributed by atoms with Crippen molar-refractivity contribution in [1.29, 1.82) is 0 Å². The van der Waals surface area contributed by atoms with Crippen molar-refractivity contribution in [1.82, 2.24) is 5.06 Å². The molecule has 0 amide bonds. The van der Waals surface area contributed by atoms with Crippen molar-refractivity contribution in [2.75, 3.05) is 20.8 Å². The van der Waals surface area contributed by atoms with E-state index >= 15 is 0 Å². The molecule has 2 aromatic rings. The quantitative estimate of drug-likeness (QED) is 0.808. The van der Waals surface area contributed by atoms with Crippen molar-refractivity contribution in [3.8, 4) is 11.5 Å². The lowest BCUT2D eigenvalue weighted by atomic mass is 9.99. The van der Waals surface area contributed by atoms with Crippen LogP contribution in [0.5, 0.6) is 11.5 Å². The van der Waals surface area contributed by atoms with E-state index in [0.29, 0.717) is 6.04 Å². The van der Waals surface area contributed by atoms with Crippen molar-refractivity contribution in [3.05, 3.63) is 59.2 Å². The molecule has 1 unspecified atom stereocenters. The van der Waals surface area contributed by atoms with Gasteiger partial charge >= 0.3 is 0 Å². The van der Waals surface area contributed by atoms with Crippen molar-refractivity contribution in [3.63, 3.8) is 0 Å². The molecule has 0 aliphatic carbocycles. The number of benzene rings is 2. The van der Waals surface area contributed by atoms with E-state index in [1.165, 1.54) is 16.7 Å². The zero-order valence-corrected chi connectivity index (χ0v) is 14.6. The Labute approximate surface area is 143 Å². The number of hydroxylamine groups is 2. The molecule has 0 N–H and O–H groups in total. The van der Waals surface area contributed by atoms with Crippen LogP contribution < -0.4 is 9.47 Å². The number of aryl methyl sites for hydroxylation is 1. The van der Waals surface area contributed by atoms with Crippen molar-refractivity contribution < 1.29 is 14.3 Å². The van der Waals surface area contributed by atoms with Crippen molar-refractivity contribution >= 4 is 0 Å². The molecule has 1 aliphatic heterocycles. The molecule has 1 heterocycles. The van der Waals surface area contributed by atoms with Gasteiger partial charge in [-0.3, -0.25) is 4.84 Å².